The molecule has 7 rings (SSSR count). The zero-order valence-corrected chi connectivity index (χ0v) is 45.7. The smallest absolute Gasteiger partial charge is 0.444 e. The zero-order valence-electron chi connectivity index (χ0n) is 42.5. The molecule has 0 aromatic heterocycles. The van der Waals surface area contributed by atoms with Crippen molar-refractivity contribution in [3.05, 3.63) is 137 Å². The van der Waals surface area contributed by atoms with Gasteiger partial charge in [0.2, 0.25) is 5.91 Å². The van der Waals surface area contributed by atoms with Crippen molar-refractivity contribution in [1.29, 1.82) is 0 Å². The number of sulfone groups is 1. The molecule has 0 bridgehead atoms. The van der Waals surface area contributed by atoms with Gasteiger partial charge in [0.05, 0.1) is 29.8 Å². The number of sulfonamides is 1. The van der Waals surface area contributed by atoms with Crippen LogP contribution in [-0.4, -0.2) is 127 Å². The number of halogens is 4. The van der Waals surface area contributed by atoms with E-state index in [4.69, 9.17) is 21.1 Å². The van der Waals surface area contributed by atoms with Gasteiger partial charge in [0.25, 0.3) is 25.8 Å². The highest BCUT2D eigenvalue weighted by atomic mass is 35.5. The van der Waals surface area contributed by atoms with Crippen molar-refractivity contribution in [3.8, 4) is 11.1 Å². The Kier molecular flexibility index (Phi) is 19.1. The molecule has 408 valence electrons. The first-order chi connectivity index (χ1) is 36.0. The number of alkyl halides is 3. The van der Waals surface area contributed by atoms with Crippen LogP contribution in [0.4, 0.5) is 29.3 Å². The fourth-order valence-corrected chi connectivity index (χ4v) is 12.1. The molecule has 2 heterocycles. The number of ether oxygens (including phenoxy) is 2. The summed E-state index contributed by atoms with van der Waals surface area (Å²) in [6.07, 6.45) is 1.01. The van der Waals surface area contributed by atoms with E-state index < -0.39 is 70.5 Å². The molecule has 5 aromatic rings. The predicted octanol–water partition coefficient (Wildman–Crippen LogP) is 9.66. The van der Waals surface area contributed by atoms with E-state index in [1.54, 1.807) is 45.0 Å². The maximum atomic E-state index is 14.3. The molecule has 0 aliphatic carbocycles. The Morgan fingerprint density at radius 3 is 2.13 bits per heavy atom. The van der Waals surface area contributed by atoms with Gasteiger partial charge in [0.1, 0.15) is 17.0 Å². The van der Waals surface area contributed by atoms with Crippen LogP contribution in [-0.2, 0) is 34.1 Å². The average molecular weight is 1130 g/mol. The third-order valence-corrected chi connectivity index (χ3v) is 17.2. The summed E-state index contributed by atoms with van der Waals surface area (Å²) in [7, 11) is -9.53. The van der Waals surface area contributed by atoms with Gasteiger partial charge in [-0.2, -0.15) is 13.2 Å². The van der Waals surface area contributed by atoms with Gasteiger partial charge < -0.3 is 29.9 Å². The molecule has 0 radical (unpaired) electrons. The molecule has 3 amide bonds. The third-order valence-electron chi connectivity index (χ3n) is 12.9. The molecule has 15 nitrogen and oxygen atoms in total. The van der Waals surface area contributed by atoms with Gasteiger partial charge >= 0.3 is 11.6 Å². The summed E-state index contributed by atoms with van der Waals surface area (Å²) in [5, 5.41) is 6.77. The van der Waals surface area contributed by atoms with E-state index in [1.165, 1.54) is 35.8 Å². The van der Waals surface area contributed by atoms with E-state index in [0.717, 1.165) is 39.4 Å². The van der Waals surface area contributed by atoms with Gasteiger partial charge in [0.15, 0.2) is 0 Å². The van der Waals surface area contributed by atoms with Crippen LogP contribution in [0.3, 0.4) is 0 Å². The summed E-state index contributed by atoms with van der Waals surface area (Å²) >= 11 is 7.66. The lowest BCUT2D eigenvalue weighted by Gasteiger charge is -2.38. The van der Waals surface area contributed by atoms with Crippen molar-refractivity contribution >= 4 is 72.5 Å². The lowest BCUT2D eigenvalue weighted by molar-refractivity contribution is -0.123. The highest BCUT2D eigenvalue weighted by Crippen LogP contribution is 2.39. The number of thioether (sulfide) groups is 1. The van der Waals surface area contributed by atoms with E-state index >= 15 is 0 Å². The van der Waals surface area contributed by atoms with Crippen LogP contribution < -0.4 is 20.3 Å². The molecule has 2 aliphatic heterocycles. The normalized spacial score (nSPS) is 15.8. The van der Waals surface area contributed by atoms with E-state index in [2.05, 4.69) is 20.4 Å². The van der Waals surface area contributed by atoms with Crippen molar-refractivity contribution < 1.29 is 53.9 Å². The van der Waals surface area contributed by atoms with Crippen LogP contribution in [0.2, 0.25) is 5.02 Å². The molecule has 0 saturated carbocycles. The highest BCUT2D eigenvalue weighted by molar-refractivity contribution is 7.99. The summed E-state index contributed by atoms with van der Waals surface area (Å²) in [4.78, 5) is 44.2. The van der Waals surface area contributed by atoms with Gasteiger partial charge in [-0.3, -0.25) is 14.5 Å². The molecular formula is C54H62ClF3N6O9S3. The Hall–Kier alpha value is -5.84. The first-order valence-corrected chi connectivity index (χ1v) is 29.0. The van der Waals surface area contributed by atoms with Crippen LogP contribution in [0.5, 0.6) is 0 Å². The second kappa shape index (κ2) is 25.1. The molecule has 2 atom stereocenters. The Labute approximate surface area is 451 Å². The number of hydrogen-bond acceptors (Lipinski definition) is 13. The van der Waals surface area contributed by atoms with Crippen LogP contribution in [0, 0.1) is 5.92 Å². The van der Waals surface area contributed by atoms with Gasteiger partial charge in [0, 0.05) is 72.7 Å². The van der Waals surface area contributed by atoms with Crippen molar-refractivity contribution in [2.45, 2.75) is 77.9 Å². The first-order valence-electron chi connectivity index (χ1n) is 24.7. The van der Waals surface area contributed by atoms with Gasteiger partial charge in [-0.05, 0) is 129 Å². The van der Waals surface area contributed by atoms with Crippen molar-refractivity contribution in [2.24, 2.45) is 5.92 Å². The molecule has 0 spiro atoms. The van der Waals surface area contributed by atoms with Crippen LogP contribution in [0.25, 0.3) is 11.1 Å². The number of piperidine rings is 1. The van der Waals surface area contributed by atoms with Crippen molar-refractivity contribution in [2.75, 3.05) is 75.5 Å². The summed E-state index contributed by atoms with van der Waals surface area (Å²) in [6.45, 7) is 8.95. The number of amides is 3. The number of carbonyl (C=O) groups excluding carboxylic acids is 3. The second-order valence-corrected chi connectivity index (χ2v) is 24.7. The Morgan fingerprint density at radius 2 is 1.49 bits per heavy atom. The number of rotatable bonds is 19. The fourth-order valence-electron chi connectivity index (χ4n) is 8.93. The largest absolute Gasteiger partial charge is 0.501 e. The minimum Gasteiger partial charge on any atom is -0.444 e. The standard InChI is InChI=1S/C54H62ClF3N6O9S3/c1-53(2,3)73-52(67)62(4)35-49(65)60-50(46-13-9-8-12-45(46)37-14-18-40(55)19-15-37)38-24-28-64(29-25-38)42-20-16-39(17-21-42)51(66)61-76(70,71)44-22-23-47(48(34-44)75(68,69)54(56,57)58)59-41(26-27-63-30-32-72-33-31-63)36-74-43-10-6-5-7-11-43/h5-23,34,38,41,50,59H,24-33,35-36H2,1-4H3,(H,60,65)(H,61,66)/t41-,50?/m1/s1. The van der Waals surface area contributed by atoms with Crippen molar-refractivity contribution in [1.82, 2.24) is 19.8 Å². The minimum atomic E-state index is -6.11. The van der Waals surface area contributed by atoms with Crippen LogP contribution >= 0.6 is 23.4 Å². The number of likely N-dealkylation sites (N-methyl/N-ethyl adjacent to an activating group) is 1. The first kappa shape index (κ1) is 57.9. The number of nitrogens with zero attached hydrogens (tertiary/aromatic N) is 3. The van der Waals surface area contributed by atoms with E-state index in [-0.39, 0.29) is 23.9 Å². The number of nitrogens with one attached hydrogen (secondary N) is 3. The molecule has 2 fully saturated rings. The van der Waals surface area contributed by atoms with Gasteiger partial charge in [-0.1, -0.05) is 66.2 Å². The molecule has 2 saturated heterocycles. The minimum absolute atomic E-state index is 0.0624. The van der Waals surface area contributed by atoms with E-state index in [9.17, 15) is 44.4 Å². The maximum absolute atomic E-state index is 14.3. The summed E-state index contributed by atoms with van der Waals surface area (Å²) in [5.41, 5.74) is -3.65. The number of anilines is 2. The molecule has 5 aromatic carbocycles. The SMILES string of the molecule is CN(CC(=O)NC(c1ccccc1-c1ccc(Cl)cc1)C1CCN(c2ccc(C(=O)NS(=O)(=O)c3ccc(N[C@H](CCN4CCOCC4)CSc4ccccc4)c(S(=O)(=O)C(F)(F)F)c3)cc2)CC1)C(=O)OC(C)(C)C. The number of carbonyl (C=O) groups is 3. The quantitative estimate of drug-likeness (QED) is 0.0665. The van der Waals surface area contributed by atoms with Crippen molar-refractivity contribution in [3.63, 3.8) is 0 Å². The molecule has 22 heteroatoms. The maximum Gasteiger partial charge on any atom is 0.501 e. The molecular weight excluding hydrogens is 1070 g/mol. The Balaban J connectivity index is 1.05. The number of hydrogen-bond donors (Lipinski definition) is 3. The number of morpholine rings is 1. The predicted molar refractivity (Wildman–Crippen MR) is 289 cm³/mol. The fraction of sp³-hybridized carbons (Fsp3) is 0.389. The third kappa shape index (κ3) is 15.4. The van der Waals surface area contributed by atoms with Gasteiger partial charge in [-0.25, -0.2) is 26.4 Å². The second-order valence-electron chi connectivity index (χ2n) is 19.6. The zero-order chi connectivity index (χ0) is 54.8. The average Bonchev–Trinajstić information content (AvgIpc) is 3.41. The molecule has 3 N–H and O–H groups in total. The summed E-state index contributed by atoms with van der Waals surface area (Å²) in [5.74, 6) is -1.19. The van der Waals surface area contributed by atoms with E-state index in [0.29, 0.717) is 82.0 Å². The molecule has 2 aliphatic rings. The summed E-state index contributed by atoms with van der Waals surface area (Å²) in [6, 6.07) is 31.9. The molecule has 1 unspecified atom stereocenters. The molecule has 76 heavy (non-hydrogen) atoms. The topological polar surface area (TPSA) is 184 Å². The highest BCUT2D eigenvalue weighted by Gasteiger charge is 2.48. The van der Waals surface area contributed by atoms with Gasteiger partial charge in [-0.15, -0.1) is 11.8 Å². The lowest BCUT2D eigenvalue weighted by Crippen LogP contribution is -2.45. The monoisotopic (exact) mass is 1130 g/mol. The van der Waals surface area contributed by atoms with Crippen LogP contribution in [0.15, 0.2) is 136 Å². The number of benzene rings is 5. The van der Waals surface area contributed by atoms with Crippen LogP contribution in [0.1, 0.15) is 62.0 Å². The lowest BCUT2D eigenvalue weighted by atomic mass is 9.82. The Bertz CT molecular complexity index is 3030. The summed E-state index contributed by atoms with van der Waals surface area (Å²) < 4.78 is 109. The van der Waals surface area contributed by atoms with E-state index in [1.807, 2.05) is 71.5 Å². The Morgan fingerprint density at radius 1 is 0.842 bits per heavy atom.